The maximum absolute atomic E-state index is 15.9. The molecule has 0 spiro atoms. The molecule has 4 N–H and O–H groups in total. The Morgan fingerprint density at radius 2 is 0.819 bits per heavy atom. The summed E-state index contributed by atoms with van der Waals surface area (Å²) < 4.78 is 87.2. The van der Waals surface area contributed by atoms with Crippen molar-refractivity contribution in [3.63, 3.8) is 0 Å². The van der Waals surface area contributed by atoms with Gasteiger partial charge in [-0.3, -0.25) is 38.3 Å². The number of allylic oxidation sites excluding steroid dienone is 2. The van der Waals surface area contributed by atoms with E-state index in [9.17, 15) is 28.7 Å². The van der Waals surface area contributed by atoms with Crippen LogP contribution in [0, 0.1) is 747 Å². The van der Waals surface area contributed by atoms with E-state index in [4.69, 9.17) is 40.5 Å². The standard InChI is InChI=1S/C29H44FN2O5PS2.C13H20OS2.C12H28ClN2P.C10H12FNO4.2CH4O.24U/c1-19(2)32(20(3)4)38(35-16-14-22-11-9-10-12-23(22)18-39-40-29(6,7)8)37-27-21(5)36-28(26(27)30)31-15-13-24(33)17-25(31)34;1-13(2,3)16-15-10-12-7-5-4-6-11(12)8-9-14;1-9(2)14(10(3)4)16(13)15(11(5)6)12(7)8;1-5-9(15)8(11)10(16-5)12-3-2-6(13)4-7(12)14;2*1-2;;;;;;;;;;;;;;;;;;;;;;;;/h9-13,15,19-21,26-28H,14,16-18H2,1-8H3;4-7,14H,8-10H2,1-3H3;9-12H,1-8H3;2-3,5,8-10,15H,4H2,1H3;2*2H,1H3;;;;;;;;;;;;;;;;;;;;;;;;/i5D;;;1D;2*2T;;;;;;;;;;;;;;;;;;;;;;;;. The Bertz CT molecular complexity index is 2680. The van der Waals surface area contributed by atoms with Gasteiger partial charge in [-0.25, -0.2) is 13.5 Å². The third kappa shape index (κ3) is 84.1. The van der Waals surface area contributed by atoms with E-state index in [1.165, 1.54) is 48.7 Å². The van der Waals surface area contributed by atoms with Crippen molar-refractivity contribution in [3.05, 3.63) is 95.3 Å². The van der Waals surface area contributed by atoms with Crippen molar-refractivity contribution in [3.8, 4) is 0 Å². The van der Waals surface area contributed by atoms with Crippen LogP contribution < -0.4 is 0 Å². The molecule has 0 radical (unpaired) electrons. The van der Waals surface area contributed by atoms with Crippen LogP contribution in [-0.4, -0.2) is 193 Å². The molecule has 2 fully saturated rings. The topological polar surface area (TPSA) is 202 Å². The Kier molecular flexibility index (Phi) is 187. The van der Waals surface area contributed by atoms with Gasteiger partial charge in [0.05, 0.1) is 31.7 Å². The molecule has 2 aromatic carbocycles. The van der Waals surface area contributed by atoms with Gasteiger partial charge < -0.3 is 39.0 Å². The Labute approximate surface area is 1300 Å². The maximum atomic E-state index is 15.9. The van der Waals surface area contributed by atoms with Crippen LogP contribution >= 0.6 is 70.5 Å². The van der Waals surface area contributed by atoms with E-state index in [1.54, 1.807) is 0 Å². The number of ketones is 2. The smallest absolute Gasteiger partial charge is 0.259 e. The van der Waals surface area contributed by atoms with Gasteiger partial charge in [-0.1, -0.05) is 144 Å². The first-order chi connectivity index (χ1) is 44.9. The van der Waals surface area contributed by atoms with Gasteiger partial charge in [-0.15, -0.1) is 0 Å². The molecule has 0 aromatic heterocycles. The number of ether oxygens (including phenoxy) is 2. The average Bonchev–Trinajstić information content (AvgIpc) is 1.65. The zero-order valence-electron chi connectivity index (χ0n) is 74.0. The molecule has 0 aliphatic carbocycles. The van der Waals surface area contributed by atoms with Crippen LogP contribution in [0.1, 0.15) is 176 Å². The summed E-state index contributed by atoms with van der Waals surface area (Å²) in [5.41, 5.74) is 5.08. The molecular weight excluding hydrogens is 7030 g/mol. The van der Waals surface area contributed by atoms with E-state index in [0.717, 1.165) is 40.0 Å². The normalized spacial score (nSPS) is 18.0. The van der Waals surface area contributed by atoms with E-state index in [-0.39, 0.29) is 808 Å². The molecule has 624 valence electrons. The first kappa shape index (κ1) is 187. The number of carbonyl (C=O) groups is 4. The van der Waals surface area contributed by atoms with Crippen molar-refractivity contribution in [2.75, 3.05) is 27.4 Å². The Morgan fingerprint density at radius 1 is 0.526 bits per heavy atom. The van der Waals surface area contributed by atoms with Gasteiger partial charge in [0.2, 0.25) is 14.7 Å². The van der Waals surface area contributed by atoms with Crippen LogP contribution in [0.5, 0.6) is 0 Å². The van der Waals surface area contributed by atoms with Crippen molar-refractivity contribution in [2.45, 2.75) is 271 Å². The fourth-order valence-corrected chi connectivity index (χ4v) is 20.1. The summed E-state index contributed by atoms with van der Waals surface area (Å²) in [6, 6.07) is 18.8. The summed E-state index contributed by atoms with van der Waals surface area (Å²) in [5, 5.41) is 25.4. The van der Waals surface area contributed by atoms with Gasteiger partial charge >= 0.3 is 0 Å². The number of benzene rings is 2. The van der Waals surface area contributed by atoms with Crippen LogP contribution in [0.3, 0.4) is 0 Å². The molecular formula is C66H112ClF2N5O12P2S4U24. The summed E-state index contributed by atoms with van der Waals surface area (Å²) in [6.07, 6.45) is -4.74. The summed E-state index contributed by atoms with van der Waals surface area (Å²) in [5.74, 6) is 0.118. The van der Waals surface area contributed by atoms with Crippen LogP contribution in [0.25, 0.3) is 0 Å². The van der Waals surface area contributed by atoms with Crippen LogP contribution in [-0.2, 0) is 62.0 Å². The molecule has 116 heavy (non-hydrogen) atoms. The van der Waals surface area contributed by atoms with E-state index in [0.29, 0.717) is 41.9 Å². The Hall–Kier alpha value is 23.4. The predicted molar refractivity (Wildman–Crippen MR) is 383 cm³/mol. The predicted octanol–water partition coefficient (Wildman–Crippen LogP) is 14.6. The number of aliphatic hydroxyl groups is 4. The molecule has 2 aromatic rings. The number of alkyl halides is 2. The average molecular weight is 7150 g/mol. The number of nitrogens with zero attached hydrogens (tertiary/aromatic N) is 5. The molecule has 4 aliphatic heterocycles. The molecule has 0 saturated carbocycles. The largest absolute Gasteiger partial charge is 0.400 e. The molecule has 6 rings (SSSR count). The number of rotatable bonds is 25. The Balaban J connectivity index is -0.0000000459. The molecule has 9 atom stereocenters. The second kappa shape index (κ2) is 116. The third-order valence-corrected chi connectivity index (χ3v) is 25.7. The fraction of sp³-hybridized carbons (Fsp3) is 0.697. The summed E-state index contributed by atoms with van der Waals surface area (Å²) >= 11 is 6.71. The SMILES string of the molecule is CC(C)(C)SSCc1ccccc1CCO.CC(C)N(C(C)C)P(Cl)N(C(C)C)C(C)C.[2H]CC1OC(N2C=CC(=O)CC2=O)C(F)C1O.[2H]CC1OC(N2C=CC(=O)CC2=O)C(F)C1OP(OCCc1ccccc1CSSC(C)(C)C)N(C(C)C)C(C)C.[3H]OC.[3H]OC.[U].[U].[U].[U].[U].[U].[U].[U].[U].[U].[U].[U].[U].[U].[U].[U].[U].[U].[U].[U].[U].[U].[U].[U]. The van der Waals surface area contributed by atoms with Gasteiger partial charge in [0, 0.05) is 840 Å². The molecule has 4 aliphatic rings. The number of hydrogen-bond acceptors (Lipinski definition) is 19. The van der Waals surface area contributed by atoms with Gasteiger partial charge in [-0.05, 0) is 144 Å². The molecule has 9 unspecified atom stereocenters. The quantitative estimate of drug-likeness (QED) is 0.0415. The zero-order valence-corrected chi connectivity index (χ0v) is 176. The second-order valence-corrected chi connectivity index (χ2v) is 35.3. The van der Waals surface area contributed by atoms with E-state index in [1.807, 2.05) is 89.1 Å². The molecule has 2 amide bonds. The fourth-order valence-electron chi connectivity index (χ4n) is 9.60. The van der Waals surface area contributed by atoms with Gasteiger partial charge in [0.15, 0.2) is 36.4 Å². The van der Waals surface area contributed by atoms with Gasteiger partial charge in [0.1, 0.15) is 19.8 Å². The number of carbonyl (C=O) groups excluding carboxylic acids is 4. The number of amides is 2. The molecule has 0 bridgehead atoms. The van der Waals surface area contributed by atoms with Crippen molar-refractivity contribution in [1.82, 2.24) is 23.8 Å². The summed E-state index contributed by atoms with van der Waals surface area (Å²) in [6.45, 7) is 39.3. The number of hydrogen-bond donors (Lipinski definition) is 4. The summed E-state index contributed by atoms with van der Waals surface area (Å²) in [7, 11) is 7.64. The van der Waals surface area contributed by atoms with E-state index in [2.05, 4.69) is 151 Å². The number of halogens is 3. The van der Waals surface area contributed by atoms with Crippen molar-refractivity contribution in [1.29, 1.82) is 2.86 Å². The van der Waals surface area contributed by atoms with Crippen molar-refractivity contribution < 1.29 is 816 Å². The first-order valence-corrected chi connectivity index (χ1v) is 39.0. The minimum Gasteiger partial charge on any atom is -0.400 e. The zero-order chi connectivity index (χ0) is 73.4. The maximum Gasteiger partial charge on any atom is 0.259 e. The first-order valence-electron chi connectivity index (χ1n) is 33.3. The minimum absolute atomic E-state index is 0. The Morgan fingerprint density at radius 3 is 1.09 bits per heavy atom. The minimum atomic E-state index is -1.77. The van der Waals surface area contributed by atoms with Crippen LogP contribution in [0.2, 0.25) is 0 Å². The molecule has 4 heterocycles. The van der Waals surface area contributed by atoms with Gasteiger partial charge in [0.25, 0.3) is 8.53 Å². The molecule has 50 heteroatoms. The van der Waals surface area contributed by atoms with Crippen LogP contribution in [0.4, 0.5) is 8.78 Å². The van der Waals surface area contributed by atoms with E-state index >= 15 is 4.39 Å². The third-order valence-electron chi connectivity index (χ3n) is 13.4. The van der Waals surface area contributed by atoms with Crippen molar-refractivity contribution in [2.24, 2.45) is 0 Å². The summed E-state index contributed by atoms with van der Waals surface area (Å²) in [4.78, 5) is 48.6. The van der Waals surface area contributed by atoms with Crippen LogP contribution in [0.15, 0.2) is 73.1 Å². The molecule has 2 saturated heterocycles. The number of aliphatic hydroxyl groups excluding tert-OH is 4. The monoisotopic (exact) mass is 7150 g/mol. The second-order valence-electron chi connectivity index (χ2n) is 25.3. The van der Waals surface area contributed by atoms with Gasteiger partial charge in [-0.2, -0.15) is 0 Å². The van der Waals surface area contributed by atoms with Crippen molar-refractivity contribution >= 4 is 93.9 Å². The van der Waals surface area contributed by atoms with E-state index < -0.39 is 77.1 Å². The molecule has 17 nitrogen and oxygen atoms in total.